The molecule has 0 spiro atoms. The second-order valence-electron chi connectivity index (χ2n) is 7.43. The molecular weight excluding hydrogens is 378 g/mol. The number of methoxy groups -OCH3 is 2. The molecule has 0 unspecified atom stereocenters. The number of carbonyl (C=O) groups is 1. The van der Waals surface area contributed by atoms with E-state index in [9.17, 15) is 15.0 Å². The van der Waals surface area contributed by atoms with Gasteiger partial charge in [-0.3, -0.25) is 4.90 Å². The van der Waals surface area contributed by atoms with Gasteiger partial charge in [-0.2, -0.15) is 0 Å². The topological polar surface area (TPSA) is 113 Å². The van der Waals surface area contributed by atoms with Gasteiger partial charge in [0, 0.05) is 31.5 Å². The lowest BCUT2D eigenvalue weighted by molar-refractivity contribution is -0.0205. The maximum absolute atomic E-state index is 12.3. The molecule has 0 radical (unpaired) electrons. The summed E-state index contributed by atoms with van der Waals surface area (Å²) in [4.78, 5) is 14.5. The lowest BCUT2D eigenvalue weighted by Gasteiger charge is -2.34. The van der Waals surface area contributed by atoms with Crippen LogP contribution in [0, 0.1) is 0 Å². The monoisotopic (exact) mass is 409 g/mol. The summed E-state index contributed by atoms with van der Waals surface area (Å²) in [6, 6.07) is 6.57. The number of hydrogen-bond acceptors (Lipinski definition) is 7. The summed E-state index contributed by atoms with van der Waals surface area (Å²) in [5, 5.41) is 25.8. The predicted octanol–water partition coefficient (Wildman–Crippen LogP) is 0.417. The van der Waals surface area contributed by atoms with Crippen molar-refractivity contribution in [1.29, 1.82) is 0 Å². The van der Waals surface area contributed by atoms with Crippen LogP contribution in [-0.4, -0.2) is 92.1 Å². The number of carbonyl (C=O) groups excluding carboxylic acids is 1. The van der Waals surface area contributed by atoms with Crippen molar-refractivity contribution >= 4 is 11.7 Å². The number of ether oxygens (including phenoxy) is 3. The highest BCUT2D eigenvalue weighted by Crippen LogP contribution is 2.31. The Morgan fingerprint density at radius 2 is 2.17 bits per heavy atom. The molecule has 3 rings (SSSR count). The largest absolute Gasteiger partial charge is 0.497 e. The smallest absolute Gasteiger partial charge is 0.319 e. The first-order valence-corrected chi connectivity index (χ1v) is 9.95. The van der Waals surface area contributed by atoms with Gasteiger partial charge in [-0.1, -0.05) is 6.07 Å². The summed E-state index contributed by atoms with van der Waals surface area (Å²) in [6.45, 7) is 1.34. The van der Waals surface area contributed by atoms with Crippen LogP contribution in [0.15, 0.2) is 24.3 Å². The Hall–Kier alpha value is -1.91. The van der Waals surface area contributed by atoms with Crippen molar-refractivity contribution < 1.29 is 29.2 Å². The van der Waals surface area contributed by atoms with E-state index in [-0.39, 0.29) is 31.3 Å². The molecule has 162 valence electrons. The van der Waals surface area contributed by atoms with Crippen molar-refractivity contribution in [2.45, 2.75) is 43.2 Å². The minimum absolute atomic E-state index is 0.189. The average molecular weight is 409 g/mol. The van der Waals surface area contributed by atoms with Crippen molar-refractivity contribution in [2.24, 2.45) is 0 Å². The summed E-state index contributed by atoms with van der Waals surface area (Å²) in [7, 11) is 3.23. The van der Waals surface area contributed by atoms with Crippen molar-refractivity contribution in [3.63, 3.8) is 0 Å². The first-order valence-electron chi connectivity index (χ1n) is 9.95. The van der Waals surface area contributed by atoms with Crippen LogP contribution in [-0.2, 0) is 9.47 Å². The third-order valence-corrected chi connectivity index (χ3v) is 5.60. The van der Waals surface area contributed by atoms with Crippen molar-refractivity contribution in [1.82, 2.24) is 10.2 Å². The zero-order chi connectivity index (χ0) is 20.8. The summed E-state index contributed by atoms with van der Waals surface area (Å²) >= 11 is 0. The van der Waals surface area contributed by atoms with Crippen LogP contribution in [0.3, 0.4) is 0 Å². The molecule has 5 atom stereocenters. The van der Waals surface area contributed by atoms with Crippen LogP contribution in [0.25, 0.3) is 0 Å². The molecule has 0 aliphatic carbocycles. The van der Waals surface area contributed by atoms with Crippen LogP contribution in [0.5, 0.6) is 5.75 Å². The van der Waals surface area contributed by atoms with Gasteiger partial charge in [0.15, 0.2) is 0 Å². The highest BCUT2D eigenvalue weighted by atomic mass is 16.5. The molecule has 2 amide bonds. The number of hydrogen-bond donors (Lipinski definition) is 4. The lowest BCUT2D eigenvalue weighted by Crippen LogP contribution is -2.53. The SMILES string of the molecule is COC[C@@H]1CCCN1[C@H]1[C@H](O)[C@H](CO)O[C@@H]1CNC(=O)Nc1cccc(OC)c1. The Labute approximate surface area is 170 Å². The number of anilines is 1. The fourth-order valence-electron chi connectivity index (χ4n) is 4.25. The Bertz CT molecular complexity index is 675. The fourth-order valence-corrected chi connectivity index (χ4v) is 4.25. The van der Waals surface area contributed by atoms with E-state index in [0.717, 1.165) is 19.4 Å². The number of aliphatic hydroxyl groups is 2. The standard InChI is InChI=1S/C20H31N3O6/c1-27-12-14-6-4-8-23(14)18-16(29-17(11-24)19(18)25)10-21-20(26)22-13-5-3-7-15(9-13)28-2/h3,5,7,9,14,16-19,24-25H,4,6,8,10-12H2,1-2H3,(H2,21,22,26)/t14-,16+,17-,18+,19+/m0/s1. The number of rotatable bonds is 8. The number of urea groups is 1. The van der Waals surface area contributed by atoms with Crippen molar-refractivity contribution in [2.75, 3.05) is 45.8 Å². The van der Waals surface area contributed by atoms with Crippen molar-refractivity contribution in [3.05, 3.63) is 24.3 Å². The van der Waals surface area contributed by atoms with E-state index in [2.05, 4.69) is 15.5 Å². The molecule has 2 aliphatic heterocycles. The Kier molecular flexibility index (Phi) is 7.68. The van der Waals surface area contributed by atoms with E-state index in [4.69, 9.17) is 14.2 Å². The Morgan fingerprint density at radius 1 is 1.34 bits per heavy atom. The van der Waals surface area contributed by atoms with Gasteiger partial charge in [0.25, 0.3) is 0 Å². The number of nitrogens with one attached hydrogen (secondary N) is 2. The van der Waals surface area contributed by atoms with Gasteiger partial charge >= 0.3 is 6.03 Å². The number of benzene rings is 1. The second kappa shape index (κ2) is 10.2. The minimum Gasteiger partial charge on any atom is -0.497 e. The van der Waals surface area contributed by atoms with Crippen LogP contribution < -0.4 is 15.4 Å². The molecule has 0 bridgehead atoms. The summed E-state index contributed by atoms with van der Waals surface area (Å²) in [5.74, 6) is 0.647. The number of amides is 2. The van der Waals surface area contributed by atoms with Crippen LogP contribution >= 0.6 is 0 Å². The Morgan fingerprint density at radius 3 is 2.90 bits per heavy atom. The van der Waals surface area contributed by atoms with Gasteiger partial charge in [-0.15, -0.1) is 0 Å². The average Bonchev–Trinajstić information content (AvgIpc) is 3.30. The molecule has 4 N–H and O–H groups in total. The zero-order valence-corrected chi connectivity index (χ0v) is 16.9. The number of nitrogens with zero attached hydrogens (tertiary/aromatic N) is 1. The van der Waals surface area contributed by atoms with Gasteiger partial charge < -0.3 is 35.1 Å². The number of likely N-dealkylation sites (tertiary alicyclic amines) is 1. The summed E-state index contributed by atoms with van der Waals surface area (Å²) in [6.07, 6.45) is 0.0629. The molecule has 2 fully saturated rings. The van der Waals surface area contributed by atoms with Crippen LogP contribution in [0.1, 0.15) is 12.8 Å². The predicted molar refractivity (Wildman–Crippen MR) is 107 cm³/mol. The summed E-state index contributed by atoms with van der Waals surface area (Å²) in [5.41, 5.74) is 0.610. The van der Waals surface area contributed by atoms with Crippen LogP contribution in [0.2, 0.25) is 0 Å². The molecular formula is C20H31N3O6. The molecule has 2 saturated heterocycles. The molecule has 29 heavy (non-hydrogen) atoms. The molecule has 2 heterocycles. The minimum atomic E-state index is -0.828. The summed E-state index contributed by atoms with van der Waals surface area (Å²) < 4.78 is 16.3. The molecule has 0 aromatic heterocycles. The third-order valence-electron chi connectivity index (χ3n) is 5.60. The van der Waals surface area contributed by atoms with Gasteiger partial charge in [0.05, 0.1) is 32.5 Å². The fraction of sp³-hybridized carbons (Fsp3) is 0.650. The van der Waals surface area contributed by atoms with E-state index in [0.29, 0.717) is 18.0 Å². The molecule has 0 saturated carbocycles. The molecule has 9 heteroatoms. The van der Waals surface area contributed by atoms with Gasteiger partial charge in [0.2, 0.25) is 0 Å². The first kappa shape index (κ1) is 21.8. The molecule has 9 nitrogen and oxygen atoms in total. The normalized spacial score (nSPS) is 29.7. The van der Waals surface area contributed by atoms with Gasteiger partial charge in [-0.05, 0) is 31.5 Å². The van der Waals surface area contributed by atoms with Crippen LogP contribution in [0.4, 0.5) is 10.5 Å². The van der Waals surface area contributed by atoms with E-state index >= 15 is 0 Å². The number of aliphatic hydroxyl groups excluding tert-OH is 2. The maximum Gasteiger partial charge on any atom is 0.319 e. The van der Waals surface area contributed by atoms with Gasteiger partial charge in [0.1, 0.15) is 18.0 Å². The van der Waals surface area contributed by atoms with E-state index < -0.39 is 18.3 Å². The highest BCUT2D eigenvalue weighted by molar-refractivity contribution is 5.89. The quantitative estimate of drug-likeness (QED) is 0.492. The molecule has 2 aliphatic rings. The van der Waals surface area contributed by atoms with E-state index in [1.54, 1.807) is 38.5 Å². The second-order valence-corrected chi connectivity index (χ2v) is 7.43. The van der Waals surface area contributed by atoms with Crippen molar-refractivity contribution in [3.8, 4) is 5.75 Å². The van der Waals surface area contributed by atoms with E-state index in [1.165, 1.54) is 0 Å². The third kappa shape index (κ3) is 5.18. The lowest BCUT2D eigenvalue weighted by atomic mass is 10.0. The maximum atomic E-state index is 12.3. The molecule has 1 aromatic carbocycles. The highest BCUT2D eigenvalue weighted by Gasteiger charge is 2.48. The zero-order valence-electron chi connectivity index (χ0n) is 16.9. The Balaban J connectivity index is 1.61. The van der Waals surface area contributed by atoms with Gasteiger partial charge in [-0.25, -0.2) is 4.79 Å². The molecule has 1 aromatic rings. The van der Waals surface area contributed by atoms with E-state index in [1.807, 2.05) is 0 Å². The first-order chi connectivity index (χ1) is 14.1.